The van der Waals surface area contributed by atoms with E-state index >= 15 is 0 Å². The van der Waals surface area contributed by atoms with Gasteiger partial charge in [0.2, 0.25) is 0 Å². The molecule has 0 aliphatic heterocycles. The molecule has 0 saturated carbocycles. The van der Waals surface area contributed by atoms with E-state index < -0.39 is 6.10 Å². The van der Waals surface area contributed by atoms with Crippen LogP contribution in [0.5, 0.6) is 0 Å². The summed E-state index contributed by atoms with van der Waals surface area (Å²) in [4.78, 5) is 15.4. The average Bonchev–Trinajstić information content (AvgIpc) is 2.49. The van der Waals surface area contributed by atoms with Gasteiger partial charge in [-0.2, -0.15) is 0 Å². The molecule has 0 aromatic carbocycles. The second-order valence-electron chi connectivity index (χ2n) is 3.53. The fraction of sp³-hybridized carbons (Fsp3) is 0.556. The van der Waals surface area contributed by atoms with Gasteiger partial charge in [0.15, 0.2) is 5.13 Å². The molecule has 1 aromatic rings. The van der Waals surface area contributed by atoms with E-state index in [0.717, 1.165) is 0 Å². The molecule has 0 spiro atoms. The predicted molar refractivity (Wildman–Crippen MR) is 59.8 cm³/mol. The first-order valence-corrected chi connectivity index (χ1v) is 5.57. The lowest BCUT2D eigenvalue weighted by molar-refractivity contribution is 0.0919. The molecule has 1 aromatic heterocycles. The fourth-order valence-electron chi connectivity index (χ4n) is 1.26. The van der Waals surface area contributed by atoms with Gasteiger partial charge in [-0.05, 0) is 20.3 Å². The number of nitrogens with zero attached hydrogens (tertiary/aromatic N) is 1. The first-order chi connectivity index (χ1) is 6.99. The third-order valence-electron chi connectivity index (χ3n) is 1.83. The molecule has 5 nitrogen and oxygen atoms in total. The van der Waals surface area contributed by atoms with E-state index in [4.69, 9.17) is 10.8 Å². The van der Waals surface area contributed by atoms with E-state index in [9.17, 15) is 4.79 Å². The van der Waals surface area contributed by atoms with Gasteiger partial charge in [-0.3, -0.25) is 4.79 Å². The second kappa shape index (κ2) is 5.09. The smallest absolute Gasteiger partial charge is 0.271 e. The Morgan fingerprint density at radius 2 is 2.40 bits per heavy atom. The van der Waals surface area contributed by atoms with Crippen LogP contribution in [-0.4, -0.2) is 28.1 Å². The van der Waals surface area contributed by atoms with Crippen molar-refractivity contribution in [2.75, 3.05) is 5.73 Å². The van der Waals surface area contributed by atoms with E-state index in [2.05, 4.69) is 10.3 Å². The molecule has 0 fully saturated rings. The zero-order valence-corrected chi connectivity index (χ0v) is 9.54. The summed E-state index contributed by atoms with van der Waals surface area (Å²) in [5, 5.41) is 13.8. The van der Waals surface area contributed by atoms with Crippen LogP contribution in [0.2, 0.25) is 0 Å². The number of amides is 1. The summed E-state index contributed by atoms with van der Waals surface area (Å²) in [7, 11) is 0. The van der Waals surface area contributed by atoms with Gasteiger partial charge in [-0.25, -0.2) is 4.98 Å². The maximum atomic E-state index is 11.5. The van der Waals surface area contributed by atoms with E-state index in [1.165, 1.54) is 11.3 Å². The van der Waals surface area contributed by atoms with E-state index in [1.54, 1.807) is 12.3 Å². The lowest BCUT2D eigenvalue weighted by Crippen LogP contribution is -2.34. The van der Waals surface area contributed by atoms with Crippen LogP contribution >= 0.6 is 11.3 Å². The maximum Gasteiger partial charge on any atom is 0.271 e. The largest absolute Gasteiger partial charge is 0.393 e. The zero-order chi connectivity index (χ0) is 11.4. The number of thiazole rings is 1. The molecule has 1 heterocycles. The highest BCUT2D eigenvalue weighted by molar-refractivity contribution is 7.13. The second-order valence-corrected chi connectivity index (χ2v) is 4.42. The van der Waals surface area contributed by atoms with Crippen LogP contribution in [0.4, 0.5) is 5.13 Å². The standard InChI is InChI=1S/C9H15N3O2S/c1-5(3-6(2)13)11-8(14)7-4-15-9(10)12-7/h4-6,13H,3H2,1-2H3,(H2,10,12)(H,11,14). The summed E-state index contributed by atoms with van der Waals surface area (Å²) in [6.07, 6.45) is 0.0894. The molecule has 0 bridgehead atoms. The molecule has 1 amide bonds. The van der Waals surface area contributed by atoms with Gasteiger partial charge in [0.1, 0.15) is 5.69 Å². The van der Waals surface area contributed by atoms with Crippen LogP contribution in [0.3, 0.4) is 0 Å². The lowest BCUT2D eigenvalue weighted by atomic mass is 10.1. The van der Waals surface area contributed by atoms with Crippen molar-refractivity contribution < 1.29 is 9.90 Å². The zero-order valence-electron chi connectivity index (χ0n) is 8.73. The van der Waals surface area contributed by atoms with Crippen molar-refractivity contribution in [3.8, 4) is 0 Å². The molecule has 4 N–H and O–H groups in total. The molecular formula is C9H15N3O2S. The maximum absolute atomic E-state index is 11.5. The number of anilines is 1. The van der Waals surface area contributed by atoms with Gasteiger partial charge in [0.05, 0.1) is 6.10 Å². The number of aliphatic hydroxyl groups is 1. The summed E-state index contributed by atoms with van der Waals surface area (Å²) in [6.45, 7) is 3.52. The Labute approximate surface area is 92.3 Å². The number of rotatable bonds is 4. The number of hydrogen-bond acceptors (Lipinski definition) is 5. The Bertz CT molecular complexity index is 338. The van der Waals surface area contributed by atoms with Gasteiger partial charge < -0.3 is 16.2 Å². The molecule has 0 aliphatic rings. The summed E-state index contributed by atoms with van der Waals surface area (Å²) in [5.41, 5.74) is 5.74. The summed E-state index contributed by atoms with van der Waals surface area (Å²) >= 11 is 1.23. The van der Waals surface area contributed by atoms with Crippen LogP contribution in [0.1, 0.15) is 30.8 Å². The number of aromatic nitrogens is 1. The van der Waals surface area contributed by atoms with Crippen molar-refractivity contribution in [2.45, 2.75) is 32.4 Å². The molecular weight excluding hydrogens is 214 g/mol. The molecule has 6 heteroatoms. The number of nitrogens with one attached hydrogen (secondary N) is 1. The summed E-state index contributed by atoms with van der Waals surface area (Å²) < 4.78 is 0. The van der Waals surface area contributed by atoms with Crippen LogP contribution in [0, 0.1) is 0 Å². The van der Waals surface area contributed by atoms with Crippen LogP contribution in [0.25, 0.3) is 0 Å². The van der Waals surface area contributed by atoms with Gasteiger partial charge in [-0.15, -0.1) is 11.3 Å². The van der Waals surface area contributed by atoms with E-state index in [1.807, 2.05) is 6.92 Å². The number of carbonyl (C=O) groups is 1. The molecule has 0 radical (unpaired) electrons. The Hall–Kier alpha value is -1.14. The Morgan fingerprint density at radius 3 is 2.87 bits per heavy atom. The molecule has 1 rings (SSSR count). The van der Waals surface area contributed by atoms with Gasteiger partial charge in [0, 0.05) is 11.4 Å². The SMILES string of the molecule is CC(O)CC(C)NC(=O)c1csc(N)n1. The highest BCUT2D eigenvalue weighted by Crippen LogP contribution is 2.11. The van der Waals surface area contributed by atoms with Crippen molar-refractivity contribution in [2.24, 2.45) is 0 Å². The fourth-order valence-corrected chi connectivity index (χ4v) is 1.80. The number of hydrogen-bond donors (Lipinski definition) is 3. The van der Waals surface area contributed by atoms with Crippen molar-refractivity contribution in [3.63, 3.8) is 0 Å². The predicted octanol–water partition coefficient (Wildman–Crippen LogP) is 0.614. The van der Waals surface area contributed by atoms with E-state index in [-0.39, 0.29) is 11.9 Å². The van der Waals surface area contributed by atoms with Crippen molar-refractivity contribution >= 4 is 22.4 Å². The third kappa shape index (κ3) is 3.85. The summed E-state index contributed by atoms with van der Waals surface area (Å²) in [6, 6.07) is -0.0829. The van der Waals surface area contributed by atoms with Crippen LogP contribution in [0.15, 0.2) is 5.38 Å². The van der Waals surface area contributed by atoms with Crippen LogP contribution in [-0.2, 0) is 0 Å². The highest BCUT2D eigenvalue weighted by Gasteiger charge is 2.13. The minimum atomic E-state index is -0.430. The topological polar surface area (TPSA) is 88.2 Å². The number of nitrogen functional groups attached to an aromatic ring is 1. The van der Waals surface area contributed by atoms with Crippen molar-refractivity contribution in [1.29, 1.82) is 0 Å². The summed E-state index contributed by atoms with van der Waals surface area (Å²) in [5.74, 6) is -0.254. The molecule has 15 heavy (non-hydrogen) atoms. The first-order valence-electron chi connectivity index (χ1n) is 4.69. The number of carbonyl (C=O) groups excluding carboxylic acids is 1. The Balaban J connectivity index is 2.49. The molecule has 2 atom stereocenters. The van der Waals surface area contributed by atoms with Gasteiger partial charge in [0.25, 0.3) is 5.91 Å². The molecule has 0 aliphatic carbocycles. The van der Waals surface area contributed by atoms with Gasteiger partial charge in [-0.1, -0.05) is 0 Å². The molecule has 0 saturated heterocycles. The number of aliphatic hydroxyl groups excluding tert-OH is 1. The van der Waals surface area contributed by atoms with E-state index in [0.29, 0.717) is 17.2 Å². The molecule has 84 valence electrons. The third-order valence-corrected chi connectivity index (χ3v) is 2.50. The van der Waals surface area contributed by atoms with Crippen LogP contribution < -0.4 is 11.1 Å². The highest BCUT2D eigenvalue weighted by atomic mass is 32.1. The van der Waals surface area contributed by atoms with Crippen molar-refractivity contribution in [1.82, 2.24) is 10.3 Å². The average molecular weight is 229 g/mol. The van der Waals surface area contributed by atoms with Gasteiger partial charge >= 0.3 is 0 Å². The minimum Gasteiger partial charge on any atom is -0.393 e. The first kappa shape index (κ1) is 11.9. The monoisotopic (exact) mass is 229 g/mol. The van der Waals surface area contributed by atoms with Crippen molar-refractivity contribution in [3.05, 3.63) is 11.1 Å². The molecule has 2 unspecified atom stereocenters. The number of nitrogens with two attached hydrogens (primary N) is 1. The Morgan fingerprint density at radius 1 is 1.73 bits per heavy atom. The Kier molecular flexibility index (Phi) is 4.05. The quantitative estimate of drug-likeness (QED) is 0.706. The minimum absolute atomic E-state index is 0.0829. The normalized spacial score (nSPS) is 14.6. The lowest BCUT2D eigenvalue weighted by Gasteiger charge is -2.14.